The molecule has 0 aliphatic rings. The maximum absolute atomic E-state index is 12.4. The van der Waals surface area contributed by atoms with Gasteiger partial charge in [0.05, 0.1) is 12.1 Å². The summed E-state index contributed by atoms with van der Waals surface area (Å²) in [6.45, 7) is 6.57. The van der Waals surface area contributed by atoms with Crippen molar-refractivity contribution < 1.29 is 14.6 Å². The zero-order valence-corrected chi connectivity index (χ0v) is 21.0. The smallest absolute Gasteiger partial charge is 0.407 e. The third-order valence-electron chi connectivity index (χ3n) is 5.83. The number of ether oxygens (including phenoxy) is 1. The number of amides is 1. The van der Waals surface area contributed by atoms with Crippen molar-refractivity contribution >= 4 is 6.09 Å². The lowest BCUT2D eigenvalue weighted by Gasteiger charge is -2.27. The molecule has 0 saturated carbocycles. The molecular weight excluding hydrogens is 436 g/mol. The number of aliphatic hydroxyl groups is 1. The predicted octanol–water partition coefficient (Wildman–Crippen LogP) is 5.30. The molecule has 0 fully saturated rings. The van der Waals surface area contributed by atoms with Crippen molar-refractivity contribution in [2.24, 2.45) is 0 Å². The maximum atomic E-state index is 12.4. The Morgan fingerprint density at radius 1 is 0.857 bits per heavy atom. The molecular formula is C30H38N2O3. The van der Waals surface area contributed by atoms with Crippen LogP contribution in [0.1, 0.15) is 49.8 Å². The van der Waals surface area contributed by atoms with Gasteiger partial charge in [-0.3, -0.25) is 0 Å². The van der Waals surface area contributed by atoms with E-state index in [0.29, 0.717) is 13.0 Å². The Labute approximate surface area is 209 Å². The zero-order chi connectivity index (χ0) is 25.1. The summed E-state index contributed by atoms with van der Waals surface area (Å²) in [4.78, 5) is 12.4. The first-order valence-electron chi connectivity index (χ1n) is 12.3. The van der Waals surface area contributed by atoms with E-state index in [2.05, 4.69) is 59.2 Å². The molecule has 2 atom stereocenters. The Bertz CT molecular complexity index is 965. The normalized spacial score (nSPS) is 13.3. The van der Waals surface area contributed by atoms with Crippen LogP contribution in [-0.2, 0) is 11.2 Å². The van der Waals surface area contributed by atoms with Crippen LogP contribution in [0.5, 0.6) is 0 Å². The summed E-state index contributed by atoms with van der Waals surface area (Å²) >= 11 is 0. The van der Waals surface area contributed by atoms with Gasteiger partial charge < -0.3 is 20.5 Å². The number of aliphatic hydroxyl groups excluding tert-OH is 1. The largest absolute Gasteiger partial charge is 0.444 e. The molecule has 5 heteroatoms. The van der Waals surface area contributed by atoms with Gasteiger partial charge in [-0.05, 0) is 56.8 Å². The van der Waals surface area contributed by atoms with Gasteiger partial charge in [0.2, 0.25) is 0 Å². The van der Waals surface area contributed by atoms with E-state index in [1.807, 2.05) is 63.2 Å². The van der Waals surface area contributed by atoms with Gasteiger partial charge in [0, 0.05) is 12.5 Å². The standard InChI is InChI=1S/C30H38N2O3/c1-30(2,3)35-29(34)32-27(21-23-13-7-4-8-14-23)28(33)22-31-20-19-26(24-15-9-5-10-16-24)25-17-11-6-12-18-25/h4-18,26-28,31,33H,19-22H2,1-3H3,(H,32,34)/t27-,28+/m0/s1. The van der Waals surface area contributed by atoms with E-state index in [-0.39, 0.29) is 5.92 Å². The van der Waals surface area contributed by atoms with Crippen LogP contribution in [0, 0.1) is 0 Å². The summed E-state index contributed by atoms with van der Waals surface area (Å²) in [7, 11) is 0. The summed E-state index contributed by atoms with van der Waals surface area (Å²) in [5.74, 6) is 0.266. The molecule has 0 heterocycles. The van der Waals surface area contributed by atoms with Crippen molar-refractivity contribution in [2.75, 3.05) is 13.1 Å². The minimum Gasteiger partial charge on any atom is -0.444 e. The van der Waals surface area contributed by atoms with Crippen LogP contribution in [0.3, 0.4) is 0 Å². The molecule has 1 amide bonds. The van der Waals surface area contributed by atoms with Crippen molar-refractivity contribution in [2.45, 2.75) is 57.3 Å². The minimum absolute atomic E-state index is 0.266. The topological polar surface area (TPSA) is 70.6 Å². The SMILES string of the molecule is CC(C)(C)OC(=O)N[C@@H](Cc1ccccc1)[C@H](O)CNCCC(c1ccccc1)c1ccccc1. The first-order chi connectivity index (χ1) is 16.8. The van der Waals surface area contributed by atoms with E-state index in [0.717, 1.165) is 18.5 Å². The first kappa shape index (κ1) is 26.5. The molecule has 5 nitrogen and oxygen atoms in total. The van der Waals surface area contributed by atoms with Gasteiger partial charge in [-0.1, -0.05) is 91.0 Å². The Kier molecular flexibility index (Phi) is 9.88. The second-order valence-electron chi connectivity index (χ2n) is 9.88. The second kappa shape index (κ2) is 13.1. The van der Waals surface area contributed by atoms with E-state index in [1.54, 1.807) is 0 Å². The van der Waals surface area contributed by atoms with Gasteiger partial charge in [-0.25, -0.2) is 4.79 Å². The number of alkyl carbamates (subject to hydrolysis) is 1. The summed E-state index contributed by atoms with van der Waals surface area (Å²) in [6.07, 6.45) is 0.115. The second-order valence-corrected chi connectivity index (χ2v) is 9.88. The van der Waals surface area contributed by atoms with Crippen LogP contribution in [0.4, 0.5) is 4.79 Å². The average molecular weight is 475 g/mol. The Morgan fingerprint density at radius 2 is 1.37 bits per heavy atom. The van der Waals surface area contributed by atoms with Gasteiger partial charge >= 0.3 is 6.09 Å². The Morgan fingerprint density at radius 3 is 1.89 bits per heavy atom. The van der Waals surface area contributed by atoms with Gasteiger partial charge in [0.25, 0.3) is 0 Å². The molecule has 0 aliphatic heterocycles. The molecule has 0 radical (unpaired) electrons. The van der Waals surface area contributed by atoms with E-state index >= 15 is 0 Å². The fourth-order valence-corrected chi connectivity index (χ4v) is 4.15. The molecule has 0 spiro atoms. The van der Waals surface area contributed by atoms with Crippen LogP contribution >= 0.6 is 0 Å². The molecule has 3 aromatic rings. The fourth-order valence-electron chi connectivity index (χ4n) is 4.15. The third-order valence-corrected chi connectivity index (χ3v) is 5.83. The molecule has 3 N–H and O–H groups in total. The number of rotatable bonds is 11. The lowest BCUT2D eigenvalue weighted by atomic mass is 9.88. The number of hydrogen-bond donors (Lipinski definition) is 3. The molecule has 0 unspecified atom stereocenters. The molecule has 186 valence electrons. The Hall–Kier alpha value is -3.15. The molecule has 0 aliphatic carbocycles. The highest BCUT2D eigenvalue weighted by Crippen LogP contribution is 2.27. The molecule has 0 saturated heterocycles. The number of benzene rings is 3. The summed E-state index contributed by atoms with van der Waals surface area (Å²) < 4.78 is 5.43. The van der Waals surface area contributed by atoms with Gasteiger partial charge in [0.15, 0.2) is 0 Å². The van der Waals surface area contributed by atoms with Gasteiger partial charge in [-0.15, -0.1) is 0 Å². The van der Waals surface area contributed by atoms with Gasteiger partial charge in [-0.2, -0.15) is 0 Å². The lowest BCUT2D eigenvalue weighted by Crippen LogP contribution is -2.50. The number of carbonyl (C=O) groups excluding carboxylic acids is 1. The summed E-state index contributed by atoms with van der Waals surface area (Å²) in [5, 5.41) is 17.3. The first-order valence-corrected chi connectivity index (χ1v) is 12.3. The zero-order valence-electron chi connectivity index (χ0n) is 21.0. The van der Waals surface area contributed by atoms with Crippen LogP contribution in [0.25, 0.3) is 0 Å². The van der Waals surface area contributed by atoms with E-state index < -0.39 is 23.8 Å². The van der Waals surface area contributed by atoms with Crippen LogP contribution in [-0.4, -0.2) is 42.0 Å². The van der Waals surface area contributed by atoms with Crippen molar-refractivity contribution in [3.63, 3.8) is 0 Å². The molecule has 0 aromatic heterocycles. The number of hydrogen-bond acceptors (Lipinski definition) is 4. The highest BCUT2D eigenvalue weighted by molar-refractivity contribution is 5.68. The van der Waals surface area contributed by atoms with Gasteiger partial charge in [0.1, 0.15) is 5.60 Å². The summed E-state index contributed by atoms with van der Waals surface area (Å²) in [5.41, 5.74) is 2.99. The molecule has 3 rings (SSSR count). The van der Waals surface area contributed by atoms with Crippen LogP contribution in [0.2, 0.25) is 0 Å². The van der Waals surface area contributed by atoms with Crippen LogP contribution in [0.15, 0.2) is 91.0 Å². The van der Waals surface area contributed by atoms with Crippen molar-refractivity contribution in [3.8, 4) is 0 Å². The summed E-state index contributed by atoms with van der Waals surface area (Å²) in [6, 6.07) is 30.4. The fraction of sp³-hybridized carbons (Fsp3) is 0.367. The van der Waals surface area contributed by atoms with Crippen molar-refractivity contribution in [1.82, 2.24) is 10.6 Å². The third kappa shape index (κ3) is 9.19. The van der Waals surface area contributed by atoms with Crippen molar-refractivity contribution in [3.05, 3.63) is 108 Å². The Balaban J connectivity index is 1.60. The minimum atomic E-state index is -0.769. The average Bonchev–Trinajstić information content (AvgIpc) is 2.84. The lowest BCUT2D eigenvalue weighted by molar-refractivity contribution is 0.0422. The quantitative estimate of drug-likeness (QED) is 0.330. The monoisotopic (exact) mass is 474 g/mol. The maximum Gasteiger partial charge on any atom is 0.407 e. The van der Waals surface area contributed by atoms with E-state index in [1.165, 1.54) is 11.1 Å². The highest BCUT2D eigenvalue weighted by atomic mass is 16.6. The highest BCUT2D eigenvalue weighted by Gasteiger charge is 2.25. The molecule has 35 heavy (non-hydrogen) atoms. The molecule has 0 bridgehead atoms. The number of nitrogens with one attached hydrogen (secondary N) is 2. The van der Waals surface area contributed by atoms with Crippen molar-refractivity contribution in [1.29, 1.82) is 0 Å². The van der Waals surface area contributed by atoms with E-state index in [4.69, 9.17) is 4.74 Å². The number of carbonyl (C=O) groups is 1. The predicted molar refractivity (Wildman–Crippen MR) is 142 cm³/mol. The molecule has 3 aromatic carbocycles. The van der Waals surface area contributed by atoms with E-state index in [9.17, 15) is 9.90 Å². The van der Waals surface area contributed by atoms with Crippen LogP contribution < -0.4 is 10.6 Å².